The molecule has 0 aromatic carbocycles. The summed E-state index contributed by atoms with van der Waals surface area (Å²) in [5.41, 5.74) is 10.0. The van der Waals surface area contributed by atoms with Crippen LogP contribution < -0.4 is 11.5 Å². The number of hydrogen-bond acceptors (Lipinski definition) is 3. The number of primary amides is 2. The standard InChI is InChI=1S/C9H16N4O3/c10-7(14)5-13(6-8(11)15)9(16)12-3-1-2-4-12/h1-6H2,(H2,10,14)(H2,11,15). The van der Waals surface area contributed by atoms with Gasteiger partial charge in [-0.25, -0.2) is 4.79 Å². The van der Waals surface area contributed by atoms with E-state index in [2.05, 4.69) is 0 Å². The van der Waals surface area contributed by atoms with Crippen LogP contribution in [0.1, 0.15) is 12.8 Å². The van der Waals surface area contributed by atoms with E-state index in [9.17, 15) is 14.4 Å². The molecule has 0 atom stereocenters. The molecule has 0 aromatic heterocycles. The van der Waals surface area contributed by atoms with Crippen molar-refractivity contribution in [3.05, 3.63) is 0 Å². The van der Waals surface area contributed by atoms with Crippen molar-refractivity contribution in [2.45, 2.75) is 12.8 Å². The molecule has 1 heterocycles. The molecule has 0 saturated carbocycles. The number of nitrogens with two attached hydrogens (primary N) is 2. The van der Waals surface area contributed by atoms with E-state index in [1.807, 2.05) is 0 Å². The topological polar surface area (TPSA) is 110 Å². The fourth-order valence-corrected chi connectivity index (χ4v) is 1.68. The first-order chi connectivity index (χ1) is 7.50. The molecule has 0 aromatic rings. The third-order valence-corrected chi connectivity index (χ3v) is 2.34. The molecule has 4 N–H and O–H groups in total. The summed E-state index contributed by atoms with van der Waals surface area (Å²) in [6.07, 6.45) is 1.87. The number of nitrogens with zero attached hydrogens (tertiary/aromatic N) is 2. The van der Waals surface area contributed by atoms with Crippen LogP contribution in [0.25, 0.3) is 0 Å². The Morgan fingerprint density at radius 1 is 1.00 bits per heavy atom. The molecule has 1 fully saturated rings. The Morgan fingerprint density at radius 2 is 1.44 bits per heavy atom. The summed E-state index contributed by atoms with van der Waals surface area (Å²) in [6.45, 7) is 0.732. The first-order valence-electron chi connectivity index (χ1n) is 5.11. The van der Waals surface area contributed by atoms with E-state index >= 15 is 0 Å². The summed E-state index contributed by atoms with van der Waals surface area (Å²) < 4.78 is 0. The highest BCUT2D eigenvalue weighted by Gasteiger charge is 2.25. The van der Waals surface area contributed by atoms with Crippen molar-refractivity contribution >= 4 is 17.8 Å². The van der Waals surface area contributed by atoms with Crippen LogP contribution in [0.15, 0.2) is 0 Å². The van der Waals surface area contributed by atoms with E-state index in [1.54, 1.807) is 4.90 Å². The fraction of sp³-hybridized carbons (Fsp3) is 0.667. The number of carbonyl (C=O) groups is 3. The smallest absolute Gasteiger partial charge is 0.320 e. The van der Waals surface area contributed by atoms with Crippen LogP contribution in [0.3, 0.4) is 0 Å². The monoisotopic (exact) mass is 228 g/mol. The first kappa shape index (κ1) is 12.3. The van der Waals surface area contributed by atoms with E-state index in [4.69, 9.17) is 11.5 Å². The lowest BCUT2D eigenvalue weighted by Gasteiger charge is -2.25. The highest BCUT2D eigenvalue weighted by atomic mass is 16.2. The SMILES string of the molecule is NC(=O)CN(CC(N)=O)C(=O)N1CCCC1. The largest absolute Gasteiger partial charge is 0.368 e. The Kier molecular flexibility index (Phi) is 4.10. The molecular formula is C9H16N4O3. The van der Waals surface area contributed by atoms with E-state index in [-0.39, 0.29) is 19.1 Å². The maximum Gasteiger partial charge on any atom is 0.320 e. The second-order valence-corrected chi connectivity index (χ2v) is 3.77. The number of amides is 4. The molecule has 7 nitrogen and oxygen atoms in total. The van der Waals surface area contributed by atoms with Gasteiger partial charge in [0.25, 0.3) is 0 Å². The molecule has 0 radical (unpaired) electrons. The molecule has 4 amide bonds. The third kappa shape index (κ3) is 3.41. The Hall–Kier alpha value is -1.79. The van der Waals surface area contributed by atoms with Gasteiger partial charge in [-0.3, -0.25) is 9.59 Å². The summed E-state index contributed by atoms with van der Waals surface area (Å²) in [7, 11) is 0. The zero-order valence-corrected chi connectivity index (χ0v) is 9.02. The predicted molar refractivity (Wildman–Crippen MR) is 56.2 cm³/mol. The lowest BCUT2D eigenvalue weighted by Crippen LogP contribution is -2.48. The van der Waals surface area contributed by atoms with Gasteiger partial charge in [-0.1, -0.05) is 0 Å². The van der Waals surface area contributed by atoms with Gasteiger partial charge in [0.15, 0.2) is 0 Å². The van der Waals surface area contributed by atoms with Crippen LogP contribution in [-0.2, 0) is 9.59 Å². The van der Waals surface area contributed by atoms with Crippen molar-refractivity contribution in [1.82, 2.24) is 9.80 Å². The quantitative estimate of drug-likeness (QED) is 0.609. The van der Waals surface area contributed by atoms with E-state index in [0.717, 1.165) is 17.7 Å². The van der Waals surface area contributed by atoms with Gasteiger partial charge in [0.05, 0.1) is 0 Å². The summed E-state index contributed by atoms with van der Waals surface area (Å²) in [4.78, 5) is 36.1. The molecule has 90 valence electrons. The fourth-order valence-electron chi connectivity index (χ4n) is 1.68. The Labute approximate surface area is 93.3 Å². The minimum atomic E-state index is -0.659. The second kappa shape index (κ2) is 5.34. The maximum absolute atomic E-state index is 11.9. The predicted octanol–water partition coefficient (Wildman–Crippen LogP) is -1.53. The molecule has 1 aliphatic heterocycles. The van der Waals surface area contributed by atoms with Gasteiger partial charge >= 0.3 is 6.03 Å². The average Bonchev–Trinajstić information content (AvgIpc) is 2.66. The van der Waals surface area contributed by atoms with Crippen molar-refractivity contribution in [3.63, 3.8) is 0 Å². The van der Waals surface area contributed by atoms with Crippen molar-refractivity contribution in [3.8, 4) is 0 Å². The van der Waals surface area contributed by atoms with Gasteiger partial charge in [0.2, 0.25) is 11.8 Å². The van der Waals surface area contributed by atoms with Crippen molar-refractivity contribution in [2.75, 3.05) is 26.2 Å². The van der Waals surface area contributed by atoms with Crippen LogP contribution in [-0.4, -0.2) is 53.8 Å². The van der Waals surface area contributed by atoms with Gasteiger partial charge in [-0.2, -0.15) is 0 Å². The molecule has 0 aliphatic carbocycles. The van der Waals surface area contributed by atoms with E-state index in [0.29, 0.717) is 13.1 Å². The summed E-state index contributed by atoms with van der Waals surface area (Å²) in [5.74, 6) is -1.32. The van der Waals surface area contributed by atoms with Crippen molar-refractivity contribution < 1.29 is 14.4 Å². The Bertz CT molecular complexity index is 283. The van der Waals surface area contributed by atoms with Gasteiger partial charge in [0.1, 0.15) is 13.1 Å². The minimum Gasteiger partial charge on any atom is -0.368 e. The zero-order valence-electron chi connectivity index (χ0n) is 9.02. The Balaban J connectivity index is 2.62. The minimum absolute atomic E-state index is 0.279. The van der Waals surface area contributed by atoms with Crippen LogP contribution in [0, 0.1) is 0 Å². The van der Waals surface area contributed by atoms with E-state index < -0.39 is 11.8 Å². The number of hydrogen-bond donors (Lipinski definition) is 2. The van der Waals surface area contributed by atoms with Crippen LogP contribution >= 0.6 is 0 Å². The molecule has 0 unspecified atom stereocenters. The van der Waals surface area contributed by atoms with Gasteiger partial charge < -0.3 is 21.3 Å². The Morgan fingerprint density at radius 3 is 1.81 bits per heavy atom. The van der Waals surface area contributed by atoms with Gasteiger partial charge in [-0.05, 0) is 12.8 Å². The highest BCUT2D eigenvalue weighted by molar-refractivity contribution is 5.87. The molecule has 0 spiro atoms. The number of likely N-dealkylation sites (tertiary alicyclic amines) is 1. The van der Waals surface area contributed by atoms with Crippen LogP contribution in [0.2, 0.25) is 0 Å². The number of rotatable bonds is 4. The number of urea groups is 1. The summed E-state index contributed by atoms with van der Waals surface area (Å²) in [5, 5.41) is 0. The molecule has 1 saturated heterocycles. The molecular weight excluding hydrogens is 212 g/mol. The molecule has 0 bridgehead atoms. The van der Waals surface area contributed by atoms with E-state index in [1.165, 1.54) is 0 Å². The molecule has 1 rings (SSSR count). The van der Waals surface area contributed by atoms with Crippen LogP contribution in [0.4, 0.5) is 4.79 Å². The van der Waals surface area contributed by atoms with Crippen molar-refractivity contribution in [2.24, 2.45) is 11.5 Å². The molecule has 7 heteroatoms. The van der Waals surface area contributed by atoms with Gasteiger partial charge in [0, 0.05) is 13.1 Å². The molecule has 16 heavy (non-hydrogen) atoms. The van der Waals surface area contributed by atoms with Crippen molar-refractivity contribution in [1.29, 1.82) is 0 Å². The third-order valence-electron chi connectivity index (χ3n) is 2.34. The van der Waals surface area contributed by atoms with Crippen LogP contribution in [0.5, 0.6) is 0 Å². The first-order valence-corrected chi connectivity index (χ1v) is 5.11. The maximum atomic E-state index is 11.9. The lowest BCUT2D eigenvalue weighted by atomic mass is 10.4. The summed E-state index contributed by atoms with van der Waals surface area (Å²) >= 11 is 0. The zero-order chi connectivity index (χ0) is 12.1. The average molecular weight is 228 g/mol. The second-order valence-electron chi connectivity index (χ2n) is 3.77. The van der Waals surface area contributed by atoms with Gasteiger partial charge in [-0.15, -0.1) is 0 Å². The normalized spacial score (nSPS) is 14.9. The highest BCUT2D eigenvalue weighted by Crippen LogP contribution is 2.10. The lowest BCUT2D eigenvalue weighted by molar-refractivity contribution is -0.121. The molecule has 1 aliphatic rings. The number of carbonyl (C=O) groups excluding carboxylic acids is 3. The summed E-state index contributed by atoms with van der Waals surface area (Å²) in [6, 6.07) is -0.352.